The smallest absolute Gasteiger partial charge is 0.126 e. The standard InChI is InChI=1S/C17H19NO2/c1-12-5-6-18-10-15(12)8-13-7-14-3-4-16(19-2)9-17(14)20-11-13/h3-6,9-10,13H,7-8,11H2,1-2H3/t13-/m0/s1. The zero-order valence-electron chi connectivity index (χ0n) is 11.9. The Hall–Kier alpha value is -2.03. The van der Waals surface area contributed by atoms with Crippen LogP contribution in [0.3, 0.4) is 0 Å². The first kappa shape index (κ1) is 13.0. The van der Waals surface area contributed by atoms with Gasteiger partial charge in [0.05, 0.1) is 13.7 Å². The van der Waals surface area contributed by atoms with E-state index in [-0.39, 0.29) is 0 Å². The third kappa shape index (κ3) is 2.62. The molecule has 1 aliphatic rings. The minimum atomic E-state index is 0.513. The van der Waals surface area contributed by atoms with Crippen LogP contribution in [0.2, 0.25) is 0 Å². The molecule has 1 atom stereocenters. The van der Waals surface area contributed by atoms with E-state index in [4.69, 9.17) is 9.47 Å². The van der Waals surface area contributed by atoms with Crippen LogP contribution in [0, 0.1) is 12.8 Å². The van der Waals surface area contributed by atoms with Crippen LogP contribution >= 0.6 is 0 Å². The average Bonchev–Trinajstić information content (AvgIpc) is 2.49. The largest absolute Gasteiger partial charge is 0.497 e. The van der Waals surface area contributed by atoms with Crippen molar-refractivity contribution < 1.29 is 9.47 Å². The molecule has 3 nitrogen and oxygen atoms in total. The third-order valence-electron chi connectivity index (χ3n) is 3.91. The fraction of sp³-hybridized carbons (Fsp3) is 0.353. The van der Waals surface area contributed by atoms with Gasteiger partial charge in [0.1, 0.15) is 11.5 Å². The molecule has 0 aliphatic carbocycles. The molecule has 1 aromatic carbocycles. The molecule has 3 heteroatoms. The molecule has 0 spiro atoms. The minimum Gasteiger partial charge on any atom is -0.497 e. The highest BCUT2D eigenvalue weighted by molar-refractivity contribution is 5.42. The molecule has 0 saturated carbocycles. The highest BCUT2D eigenvalue weighted by Gasteiger charge is 2.21. The molecule has 0 radical (unpaired) electrons. The minimum absolute atomic E-state index is 0.513. The second-order valence-electron chi connectivity index (χ2n) is 5.36. The Labute approximate surface area is 119 Å². The van der Waals surface area contributed by atoms with Crippen molar-refractivity contribution in [2.45, 2.75) is 19.8 Å². The van der Waals surface area contributed by atoms with Gasteiger partial charge in [-0.05, 0) is 48.6 Å². The number of nitrogens with zero attached hydrogens (tertiary/aromatic N) is 1. The topological polar surface area (TPSA) is 31.4 Å². The van der Waals surface area contributed by atoms with Crippen LogP contribution in [0.1, 0.15) is 16.7 Å². The summed E-state index contributed by atoms with van der Waals surface area (Å²) in [7, 11) is 1.68. The van der Waals surface area contributed by atoms with Gasteiger partial charge in [-0.15, -0.1) is 0 Å². The van der Waals surface area contributed by atoms with E-state index in [1.807, 2.05) is 24.5 Å². The van der Waals surface area contributed by atoms with Gasteiger partial charge >= 0.3 is 0 Å². The van der Waals surface area contributed by atoms with Gasteiger partial charge in [-0.2, -0.15) is 0 Å². The van der Waals surface area contributed by atoms with Crippen molar-refractivity contribution in [1.82, 2.24) is 4.98 Å². The number of rotatable bonds is 3. The molecule has 2 heterocycles. The quantitative estimate of drug-likeness (QED) is 0.857. The molecule has 3 rings (SSSR count). The zero-order valence-corrected chi connectivity index (χ0v) is 11.9. The first-order valence-electron chi connectivity index (χ1n) is 6.95. The lowest BCUT2D eigenvalue weighted by Crippen LogP contribution is -2.23. The van der Waals surface area contributed by atoms with Gasteiger partial charge in [0.25, 0.3) is 0 Å². The maximum absolute atomic E-state index is 5.89. The number of methoxy groups -OCH3 is 1. The Bertz CT molecular complexity index is 610. The molecule has 0 N–H and O–H groups in total. The van der Waals surface area contributed by atoms with E-state index in [1.165, 1.54) is 16.7 Å². The van der Waals surface area contributed by atoms with Crippen LogP contribution in [0.5, 0.6) is 11.5 Å². The molecule has 0 fully saturated rings. The number of pyridine rings is 1. The first-order valence-corrected chi connectivity index (χ1v) is 6.95. The highest BCUT2D eigenvalue weighted by Crippen LogP contribution is 2.32. The summed E-state index contributed by atoms with van der Waals surface area (Å²) in [6, 6.07) is 8.15. The number of aryl methyl sites for hydroxylation is 1. The van der Waals surface area contributed by atoms with Crippen LogP contribution in [-0.4, -0.2) is 18.7 Å². The van der Waals surface area contributed by atoms with Gasteiger partial charge in [-0.25, -0.2) is 0 Å². The van der Waals surface area contributed by atoms with Gasteiger partial charge in [-0.3, -0.25) is 4.98 Å². The summed E-state index contributed by atoms with van der Waals surface area (Å²) in [4.78, 5) is 4.22. The van der Waals surface area contributed by atoms with Gasteiger partial charge in [0.15, 0.2) is 0 Å². The Morgan fingerprint density at radius 2 is 2.25 bits per heavy atom. The molecule has 2 aromatic rings. The summed E-state index contributed by atoms with van der Waals surface area (Å²) in [6.45, 7) is 2.90. The van der Waals surface area contributed by atoms with Crippen molar-refractivity contribution >= 4 is 0 Å². The second kappa shape index (κ2) is 5.53. The molecule has 0 bridgehead atoms. The van der Waals surface area contributed by atoms with Crippen LogP contribution in [-0.2, 0) is 12.8 Å². The predicted octanol–water partition coefficient (Wildman–Crippen LogP) is 3.19. The van der Waals surface area contributed by atoms with Gasteiger partial charge < -0.3 is 9.47 Å². The molecule has 0 amide bonds. The Kier molecular flexibility index (Phi) is 3.59. The van der Waals surface area contributed by atoms with E-state index in [9.17, 15) is 0 Å². The summed E-state index contributed by atoms with van der Waals surface area (Å²) in [5, 5.41) is 0. The van der Waals surface area contributed by atoms with Crippen molar-refractivity contribution in [2.24, 2.45) is 5.92 Å². The van der Waals surface area contributed by atoms with Gasteiger partial charge in [0, 0.05) is 24.4 Å². The number of ether oxygens (including phenoxy) is 2. The van der Waals surface area contributed by atoms with Gasteiger partial charge in [-0.1, -0.05) is 6.07 Å². The molecular weight excluding hydrogens is 250 g/mol. The highest BCUT2D eigenvalue weighted by atomic mass is 16.5. The van der Waals surface area contributed by atoms with Crippen LogP contribution in [0.25, 0.3) is 0 Å². The Morgan fingerprint density at radius 1 is 1.35 bits per heavy atom. The van der Waals surface area contributed by atoms with Crippen molar-refractivity contribution in [3.8, 4) is 11.5 Å². The molecule has 0 saturated heterocycles. The number of hydrogen-bond acceptors (Lipinski definition) is 3. The van der Waals surface area contributed by atoms with Crippen LogP contribution in [0.4, 0.5) is 0 Å². The summed E-state index contributed by atoms with van der Waals surface area (Å²) in [5.74, 6) is 2.33. The average molecular weight is 269 g/mol. The van der Waals surface area contributed by atoms with E-state index < -0.39 is 0 Å². The van der Waals surface area contributed by atoms with Crippen molar-refractivity contribution in [3.63, 3.8) is 0 Å². The molecule has 1 aliphatic heterocycles. The summed E-state index contributed by atoms with van der Waals surface area (Å²) >= 11 is 0. The maximum Gasteiger partial charge on any atom is 0.126 e. The summed E-state index contributed by atoms with van der Waals surface area (Å²) < 4.78 is 11.1. The second-order valence-corrected chi connectivity index (χ2v) is 5.36. The van der Waals surface area contributed by atoms with Crippen molar-refractivity contribution in [2.75, 3.05) is 13.7 Å². The van der Waals surface area contributed by atoms with Crippen LogP contribution in [0.15, 0.2) is 36.7 Å². The third-order valence-corrected chi connectivity index (χ3v) is 3.91. The predicted molar refractivity (Wildman–Crippen MR) is 78.4 cm³/mol. The molecule has 1 aromatic heterocycles. The van der Waals surface area contributed by atoms with E-state index in [2.05, 4.69) is 24.0 Å². The van der Waals surface area contributed by atoms with E-state index in [0.29, 0.717) is 5.92 Å². The summed E-state index contributed by atoms with van der Waals surface area (Å²) in [6.07, 6.45) is 5.88. The van der Waals surface area contributed by atoms with Gasteiger partial charge in [0.2, 0.25) is 0 Å². The van der Waals surface area contributed by atoms with Crippen molar-refractivity contribution in [3.05, 3.63) is 53.3 Å². The lowest BCUT2D eigenvalue weighted by molar-refractivity contribution is 0.220. The van der Waals surface area contributed by atoms with Crippen molar-refractivity contribution in [1.29, 1.82) is 0 Å². The van der Waals surface area contributed by atoms with E-state index in [0.717, 1.165) is 30.9 Å². The summed E-state index contributed by atoms with van der Waals surface area (Å²) in [5.41, 5.74) is 3.89. The number of aromatic nitrogens is 1. The SMILES string of the molecule is COc1ccc2c(c1)OC[C@H](Cc1cnccc1C)C2. The van der Waals surface area contributed by atoms with E-state index in [1.54, 1.807) is 7.11 Å². The Morgan fingerprint density at radius 3 is 3.05 bits per heavy atom. The lowest BCUT2D eigenvalue weighted by Gasteiger charge is -2.26. The number of benzene rings is 1. The molecule has 0 unspecified atom stereocenters. The normalized spacial score (nSPS) is 17.2. The zero-order chi connectivity index (χ0) is 13.9. The number of hydrogen-bond donors (Lipinski definition) is 0. The fourth-order valence-electron chi connectivity index (χ4n) is 2.69. The molecule has 104 valence electrons. The molecule has 20 heavy (non-hydrogen) atoms. The number of fused-ring (bicyclic) bond motifs is 1. The Balaban J connectivity index is 1.74. The monoisotopic (exact) mass is 269 g/mol. The fourth-order valence-corrected chi connectivity index (χ4v) is 2.69. The van der Waals surface area contributed by atoms with E-state index >= 15 is 0 Å². The maximum atomic E-state index is 5.89. The molecular formula is C17H19NO2. The first-order chi connectivity index (χ1) is 9.76. The van der Waals surface area contributed by atoms with Crippen LogP contribution < -0.4 is 9.47 Å². The lowest BCUT2D eigenvalue weighted by atomic mass is 9.90.